The zero-order valence-electron chi connectivity index (χ0n) is 30.9. The molecular weight excluding hydrogens is 669 g/mol. The van der Waals surface area contributed by atoms with Crippen LogP contribution in [0.1, 0.15) is 67.1 Å². The van der Waals surface area contributed by atoms with Crippen LogP contribution in [0.2, 0.25) is 0 Å². The molecule has 0 heterocycles. The van der Waals surface area contributed by atoms with Gasteiger partial charge in [0.25, 0.3) is 0 Å². The van der Waals surface area contributed by atoms with Gasteiger partial charge in [0.2, 0.25) is 0 Å². The fourth-order valence-electron chi connectivity index (χ4n) is 9.17. The maximum Gasteiger partial charge on any atom is 0.119 e. The third kappa shape index (κ3) is 6.70. The van der Waals surface area contributed by atoms with E-state index in [4.69, 9.17) is 0 Å². The molecule has 0 bridgehead atoms. The van der Waals surface area contributed by atoms with Crippen molar-refractivity contribution >= 4 is 0 Å². The van der Waals surface area contributed by atoms with E-state index in [-0.39, 0.29) is 11.8 Å². The quantitative estimate of drug-likeness (QED) is 0.148. The Balaban J connectivity index is 1.29. The summed E-state index contributed by atoms with van der Waals surface area (Å²) in [5, 5.41) is 22.8. The van der Waals surface area contributed by atoms with Crippen LogP contribution in [0.5, 0.6) is 11.5 Å². The molecule has 2 unspecified atom stereocenters. The molecule has 7 aromatic carbocycles. The number of hydrogen-bond donors (Lipinski definition) is 2. The summed E-state index contributed by atoms with van der Waals surface area (Å²) in [5.74, 6) is 0.781. The number of rotatable bonds is 10. The molecule has 7 aromatic rings. The lowest BCUT2D eigenvalue weighted by molar-refractivity contribution is 0.444. The second kappa shape index (κ2) is 14.8. The monoisotopic (exact) mass is 712 g/mol. The molecule has 0 amide bonds. The highest BCUT2D eigenvalue weighted by Gasteiger charge is 2.53. The average Bonchev–Trinajstić information content (AvgIpc) is 3.50. The minimum Gasteiger partial charge on any atom is -0.508 e. The van der Waals surface area contributed by atoms with Crippen LogP contribution in [0.25, 0.3) is 0 Å². The van der Waals surface area contributed by atoms with E-state index < -0.39 is 5.41 Å². The van der Waals surface area contributed by atoms with E-state index >= 15 is 0 Å². The van der Waals surface area contributed by atoms with Crippen molar-refractivity contribution in [2.45, 2.75) is 37.0 Å². The maximum absolute atomic E-state index is 11.4. The molecule has 2 N–H and O–H groups in total. The van der Waals surface area contributed by atoms with Gasteiger partial charge in [-0.1, -0.05) is 182 Å². The number of fused-ring (bicyclic) bond motifs is 3. The van der Waals surface area contributed by atoms with Crippen molar-refractivity contribution in [3.05, 3.63) is 261 Å². The second-order valence-corrected chi connectivity index (χ2v) is 15.2. The molecule has 0 spiro atoms. The molecule has 9 rings (SSSR count). The number of hydrogen-bond acceptors (Lipinski definition) is 2. The standard InChI is InChI=1S/C53H44O2/c54-51-27-23-45(35-43(51)31-39-17-9-3-10-18-39)53(46-24-28-52(55)44(36-46)32-40-19-11-4-12-20-40)49-33-41(29-37-13-5-1-6-14-37)21-25-47(49)48-26-22-42(34-50(48)53)30-38-15-7-2-8-16-38/h1-28,33-36,47,49,54-55H,29-32H2. The van der Waals surface area contributed by atoms with Gasteiger partial charge in [-0.3, -0.25) is 0 Å². The number of aromatic hydroxyl groups is 2. The normalized spacial score (nSPS) is 16.6. The Bertz CT molecular complexity index is 2410. The fraction of sp³-hybridized carbons (Fsp3) is 0.132. The fourth-order valence-corrected chi connectivity index (χ4v) is 9.17. The lowest BCUT2D eigenvalue weighted by Gasteiger charge is -2.40. The van der Waals surface area contributed by atoms with Crippen LogP contribution in [0.4, 0.5) is 0 Å². The van der Waals surface area contributed by atoms with Crippen molar-refractivity contribution in [3.8, 4) is 11.5 Å². The summed E-state index contributed by atoms with van der Waals surface area (Å²) in [7, 11) is 0. The van der Waals surface area contributed by atoms with Crippen LogP contribution in [-0.4, -0.2) is 10.2 Å². The van der Waals surface area contributed by atoms with E-state index in [1.165, 1.54) is 33.4 Å². The molecule has 0 radical (unpaired) electrons. The zero-order valence-corrected chi connectivity index (χ0v) is 30.9. The SMILES string of the molecule is Oc1ccc(C2(c3ccc(O)c(Cc4ccccc4)c3)c3cc(Cc4ccccc4)ccc3C3C=CC(Cc4ccccc4)=CC32)cc1Cc1ccccc1. The van der Waals surface area contributed by atoms with Crippen molar-refractivity contribution in [1.29, 1.82) is 0 Å². The van der Waals surface area contributed by atoms with Crippen LogP contribution in [-0.2, 0) is 31.1 Å². The Labute approximate surface area is 324 Å². The van der Waals surface area contributed by atoms with Crippen molar-refractivity contribution in [3.63, 3.8) is 0 Å². The van der Waals surface area contributed by atoms with Crippen LogP contribution in [0.15, 0.2) is 200 Å². The van der Waals surface area contributed by atoms with Gasteiger partial charge in [0, 0.05) is 24.7 Å². The van der Waals surface area contributed by atoms with Crippen LogP contribution >= 0.6 is 0 Å². The molecule has 0 fully saturated rings. The van der Waals surface area contributed by atoms with Crippen molar-refractivity contribution in [2.75, 3.05) is 0 Å². The molecule has 0 saturated heterocycles. The summed E-state index contributed by atoms with van der Waals surface area (Å²) < 4.78 is 0. The van der Waals surface area contributed by atoms with Crippen molar-refractivity contribution in [2.24, 2.45) is 5.92 Å². The third-order valence-corrected chi connectivity index (χ3v) is 11.7. The summed E-state index contributed by atoms with van der Waals surface area (Å²) >= 11 is 0. The molecule has 2 heteroatoms. The van der Waals surface area contributed by atoms with Gasteiger partial charge in [0.05, 0.1) is 5.41 Å². The van der Waals surface area contributed by atoms with Crippen LogP contribution in [0, 0.1) is 5.92 Å². The summed E-state index contributed by atoms with van der Waals surface area (Å²) in [5.41, 5.74) is 13.5. The molecule has 2 aliphatic rings. The van der Waals surface area contributed by atoms with Gasteiger partial charge >= 0.3 is 0 Å². The van der Waals surface area contributed by atoms with E-state index in [0.717, 1.165) is 46.2 Å². The first-order valence-electron chi connectivity index (χ1n) is 19.4. The zero-order chi connectivity index (χ0) is 37.2. The number of phenols is 2. The molecule has 268 valence electrons. The highest BCUT2D eigenvalue weighted by atomic mass is 16.3. The highest BCUT2D eigenvalue weighted by molar-refractivity contribution is 5.66. The lowest BCUT2D eigenvalue weighted by Crippen LogP contribution is -2.36. The maximum atomic E-state index is 11.4. The van der Waals surface area contributed by atoms with E-state index in [1.54, 1.807) is 0 Å². The molecular formula is C53H44O2. The van der Waals surface area contributed by atoms with Gasteiger partial charge in [-0.05, 0) is 91.7 Å². The molecule has 0 aromatic heterocycles. The minimum atomic E-state index is -0.627. The Morgan fingerprint density at radius 1 is 0.436 bits per heavy atom. The Morgan fingerprint density at radius 2 is 0.909 bits per heavy atom. The van der Waals surface area contributed by atoms with Gasteiger partial charge in [0.15, 0.2) is 0 Å². The van der Waals surface area contributed by atoms with Crippen LogP contribution in [0.3, 0.4) is 0 Å². The van der Waals surface area contributed by atoms with Crippen molar-refractivity contribution in [1.82, 2.24) is 0 Å². The number of benzene rings is 7. The topological polar surface area (TPSA) is 40.5 Å². The predicted molar refractivity (Wildman–Crippen MR) is 224 cm³/mol. The summed E-state index contributed by atoms with van der Waals surface area (Å²) in [6.45, 7) is 0. The summed E-state index contributed by atoms with van der Waals surface area (Å²) in [6.07, 6.45) is 10.2. The molecule has 2 aliphatic carbocycles. The lowest BCUT2D eigenvalue weighted by atomic mass is 9.62. The average molecular weight is 713 g/mol. The van der Waals surface area contributed by atoms with Gasteiger partial charge in [-0.15, -0.1) is 0 Å². The molecule has 0 saturated carbocycles. The van der Waals surface area contributed by atoms with Gasteiger partial charge in [-0.25, -0.2) is 0 Å². The largest absolute Gasteiger partial charge is 0.508 e. The summed E-state index contributed by atoms with van der Waals surface area (Å²) in [4.78, 5) is 0. The smallest absolute Gasteiger partial charge is 0.119 e. The van der Waals surface area contributed by atoms with Crippen molar-refractivity contribution < 1.29 is 10.2 Å². The van der Waals surface area contributed by atoms with Gasteiger partial charge in [-0.2, -0.15) is 0 Å². The molecule has 55 heavy (non-hydrogen) atoms. The minimum absolute atomic E-state index is 0.0430. The van der Waals surface area contributed by atoms with Crippen LogP contribution < -0.4 is 0 Å². The Kier molecular flexibility index (Phi) is 9.26. The first-order chi connectivity index (χ1) is 27.0. The van der Waals surface area contributed by atoms with E-state index in [9.17, 15) is 10.2 Å². The first-order valence-corrected chi connectivity index (χ1v) is 19.4. The van der Waals surface area contributed by atoms with E-state index in [1.807, 2.05) is 24.3 Å². The molecule has 0 aliphatic heterocycles. The molecule has 2 nitrogen and oxygen atoms in total. The predicted octanol–water partition coefficient (Wildman–Crippen LogP) is 11.7. The molecule has 2 atom stereocenters. The highest BCUT2D eigenvalue weighted by Crippen LogP contribution is 2.61. The van der Waals surface area contributed by atoms with E-state index in [2.05, 4.69) is 170 Å². The third-order valence-electron chi connectivity index (χ3n) is 11.7. The Morgan fingerprint density at radius 3 is 1.42 bits per heavy atom. The van der Waals surface area contributed by atoms with E-state index in [0.29, 0.717) is 24.3 Å². The number of allylic oxidation sites excluding steroid dienone is 4. The second-order valence-electron chi connectivity index (χ2n) is 15.2. The summed E-state index contributed by atoms with van der Waals surface area (Å²) in [6, 6.07) is 61.9. The van der Waals surface area contributed by atoms with Gasteiger partial charge in [0.1, 0.15) is 11.5 Å². The first kappa shape index (κ1) is 34.4. The Hall–Kier alpha value is -6.38. The number of phenolic OH excluding ortho intramolecular Hbond substituents is 2. The van der Waals surface area contributed by atoms with Gasteiger partial charge < -0.3 is 10.2 Å².